The number of guanidine groups is 1. The summed E-state index contributed by atoms with van der Waals surface area (Å²) in [6.45, 7) is 5.72. The van der Waals surface area contributed by atoms with Crippen molar-refractivity contribution in [2.24, 2.45) is 10.4 Å². The van der Waals surface area contributed by atoms with Crippen LogP contribution in [0.4, 0.5) is 0 Å². The molecule has 0 aromatic heterocycles. The predicted molar refractivity (Wildman–Crippen MR) is 92.0 cm³/mol. The van der Waals surface area contributed by atoms with E-state index in [0.717, 1.165) is 25.6 Å². The average Bonchev–Trinajstić information content (AvgIpc) is 2.85. The van der Waals surface area contributed by atoms with Crippen LogP contribution in [-0.4, -0.2) is 57.5 Å². The fourth-order valence-corrected chi connectivity index (χ4v) is 4.42. The highest BCUT2D eigenvalue weighted by Gasteiger charge is 2.39. The van der Waals surface area contributed by atoms with Gasteiger partial charge in [0.05, 0.1) is 5.75 Å². The SMILES string of the molecule is CCNC(=NCCCS(C)(=O)=O)N1CCC2(CCCCC2)C1. The molecule has 2 aliphatic rings. The van der Waals surface area contributed by atoms with E-state index in [9.17, 15) is 8.42 Å². The van der Waals surface area contributed by atoms with Crippen molar-refractivity contribution < 1.29 is 8.42 Å². The van der Waals surface area contributed by atoms with E-state index < -0.39 is 9.84 Å². The van der Waals surface area contributed by atoms with Gasteiger partial charge in [0.15, 0.2) is 5.96 Å². The molecular weight excluding hydrogens is 298 g/mol. The Labute approximate surface area is 135 Å². The molecule has 22 heavy (non-hydrogen) atoms. The standard InChI is InChI=1S/C16H31N3O2S/c1-3-17-15(18-11-7-13-22(2,20)21)19-12-10-16(14-19)8-5-4-6-9-16/h3-14H2,1-2H3,(H,17,18). The molecule has 1 spiro atoms. The first-order valence-electron chi connectivity index (χ1n) is 8.65. The summed E-state index contributed by atoms with van der Waals surface area (Å²) < 4.78 is 22.4. The quantitative estimate of drug-likeness (QED) is 0.476. The number of nitrogens with one attached hydrogen (secondary N) is 1. The lowest BCUT2D eigenvalue weighted by atomic mass is 9.73. The third-order valence-electron chi connectivity index (χ3n) is 4.92. The summed E-state index contributed by atoms with van der Waals surface area (Å²) in [4.78, 5) is 7.03. The molecule has 1 aliphatic heterocycles. The van der Waals surface area contributed by atoms with Gasteiger partial charge in [-0.2, -0.15) is 0 Å². The Morgan fingerprint density at radius 3 is 2.59 bits per heavy atom. The Kier molecular flexibility index (Phi) is 6.12. The number of sulfone groups is 1. The van der Waals surface area contributed by atoms with Crippen LogP contribution in [0.2, 0.25) is 0 Å². The topological polar surface area (TPSA) is 61.8 Å². The van der Waals surface area contributed by atoms with Crippen molar-refractivity contribution in [1.82, 2.24) is 10.2 Å². The first kappa shape index (κ1) is 17.6. The molecule has 1 heterocycles. The van der Waals surface area contributed by atoms with Gasteiger partial charge >= 0.3 is 0 Å². The minimum atomic E-state index is -2.88. The number of rotatable bonds is 5. The van der Waals surface area contributed by atoms with Crippen molar-refractivity contribution in [2.45, 2.75) is 51.9 Å². The van der Waals surface area contributed by atoms with Crippen molar-refractivity contribution in [3.63, 3.8) is 0 Å². The van der Waals surface area contributed by atoms with Crippen LogP contribution >= 0.6 is 0 Å². The van der Waals surface area contributed by atoms with Gasteiger partial charge in [0, 0.05) is 32.4 Å². The second-order valence-corrected chi connectivity index (χ2v) is 9.21. The monoisotopic (exact) mass is 329 g/mol. The molecule has 0 aromatic carbocycles. The van der Waals surface area contributed by atoms with Gasteiger partial charge in [0.2, 0.25) is 0 Å². The molecule has 1 saturated heterocycles. The first-order chi connectivity index (χ1) is 10.4. The molecule has 2 rings (SSSR count). The van der Waals surface area contributed by atoms with Crippen LogP contribution in [0.3, 0.4) is 0 Å². The Balaban J connectivity index is 1.90. The van der Waals surface area contributed by atoms with Gasteiger partial charge in [0.25, 0.3) is 0 Å². The maximum absolute atomic E-state index is 11.2. The van der Waals surface area contributed by atoms with Crippen LogP contribution in [-0.2, 0) is 9.84 Å². The molecule has 1 saturated carbocycles. The first-order valence-corrected chi connectivity index (χ1v) is 10.7. The highest BCUT2D eigenvalue weighted by atomic mass is 32.2. The Hall–Kier alpha value is -0.780. The van der Waals surface area contributed by atoms with E-state index in [0.29, 0.717) is 18.4 Å². The van der Waals surface area contributed by atoms with Crippen LogP contribution in [0.15, 0.2) is 4.99 Å². The normalized spacial score (nSPS) is 22.3. The average molecular weight is 330 g/mol. The maximum Gasteiger partial charge on any atom is 0.193 e. The summed E-state index contributed by atoms with van der Waals surface area (Å²) in [7, 11) is -2.88. The summed E-state index contributed by atoms with van der Waals surface area (Å²) >= 11 is 0. The summed E-state index contributed by atoms with van der Waals surface area (Å²) in [5, 5.41) is 3.37. The van der Waals surface area contributed by atoms with Crippen molar-refractivity contribution in [3.8, 4) is 0 Å². The second-order valence-electron chi connectivity index (χ2n) is 6.95. The lowest BCUT2D eigenvalue weighted by Gasteiger charge is -2.33. The minimum Gasteiger partial charge on any atom is -0.357 e. The smallest absolute Gasteiger partial charge is 0.193 e. The van der Waals surface area contributed by atoms with Crippen molar-refractivity contribution in [2.75, 3.05) is 38.2 Å². The number of aliphatic imine (C=N–C) groups is 1. The second kappa shape index (κ2) is 7.66. The molecule has 1 N–H and O–H groups in total. The minimum absolute atomic E-state index is 0.222. The fourth-order valence-electron chi connectivity index (χ4n) is 3.76. The molecule has 0 aromatic rings. The zero-order valence-corrected chi connectivity index (χ0v) is 14.9. The largest absolute Gasteiger partial charge is 0.357 e. The van der Waals surface area contributed by atoms with Crippen LogP contribution in [0.1, 0.15) is 51.9 Å². The van der Waals surface area contributed by atoms with Crippen molar-refractivity contribution >= 4 is 15.8 Å². The molecule has 0 bridgehead atoms. The van der Waals surface area contributed by atoms with E-state index in [1.807, 2.05) is 0 Å². The lowest BCUT2D eigenvalue weighted by molar-refractivity contribution is 0.203. The van der Waals surface area contributed by atoms with E-state index in [2.05, 4.69) is 22.1 Å². The van der Waals surface area contributed by atoms with E-state index in [1.165, 1.54) is 44.8 Å². The molecule has 128 valence electrons. The highest BCUT2D eigenvalue weighted by Crippen LogP contribution is 2.43. The Bertz CT molecular complexity index is 482. The van der Waals surface area contributed by atoms with Gasteiger partial charge in [-0.05, 0) is 38.0 Å². The molecule has 6 heteroatoms. The maximum atomic E-state index is 11.2. The summed E-state index contributed by atoms with van der Waals surface area (Å²) in [5.74, 6) is 1.19. The molecule has 5 nitrogen and oxygen atoms in total. The summed E-state index contributed by atoms with van der Waals surface area (Å²) in [6, 6.07) is 0. The van der Waals surface area contributed by atoms with Crippen LogP contribution in [0.25, 0.3) is 0 Å². The number of likely N-dealkylation sites (tertiary alicyclic amines) is 1. The summed E-state index contributed by atoms with van der Waals surface area (Å²) in [6.07, 6.45) is 10.0. The Morgan fingerprint density at radius 1 is 1.23 bits per heavy atom. The van der Waals surface area contributed by atoms with E-state index in [4.69, 9.17) is 0 Å². The van der Waals surface area contributed by atoms with Gasteiger partial charge < -0.3 is 10.2 Å². The van der Waals surface area contributed by atoms with Gasteiger partial charge in [0.1, 0.15) is 9.84 Å². The highest BCUT2D eigenvalue weighted by molar-refractivity contribution is 7.90. The third-order valence-corrected chi connectivity index (χ3v) is 5.95. The third kappa shape index (κ3) is 5.14. The molecule has 0 unspecified atom stereocenters. The van der Waals surface area contributed by atoms with E-state index in [1.54, 1.807) is 0 Å². The number of hydrogen-bond acceptors (Lipinski definition) is 3. The van der Waals surface area contributed by atoms with E-state index >= 15 is 0 Å². The predicted octanol–water partition coefficient (Wildman–Crippen LogP) is 2.04. The zero-order chi connectivity index (χ0) is 16.1. The Morgan fingerprint density at radius 2 is 1.95 bits per heavy atom. The zero-order valence-electron chi connectivity index (χ0n) is 14.1. The van der Waals surface area contributed by atoms with Crippen LogP contribution in [0.5, 0.6) is 0 Å². The molecule has 0 atom stereocenters. The van der Waals surface area contributed by atoms with Crippen LogP contribution in [0, 0.1) is 5.41 Å². The molecule has 2 fully saturated rings. The van der Waals surface area contributed by atoms with Crippen LogP contribution < -0.4 is 5.32 Å². The van der Waals surface area contributed by atoms with Gasteiger partial charge in [-0.25, -0.2) is 8.42 Å². The molecular formula is C16H31N3O2S. The van der Waals surface area contributed by atoms with Crippen molar-refractivity contribution in [1.29, 1.82) is 0 Å². The van der Waals surface area contributed by atoms with Gasteiger partial charge in [-0.3, -0.25) is 4.99 Å². The number of nitrogens with zero attached hydrogens (tertiary/aromatic N) is 2. The van der Waals surface area contributed by atoms with Crippen molar-refractivity contribution in [3.05, 3.63) is 0 Å². The summed E-state index contributed by atoms with van der Waals surface area (Å²) in [5.41, 5.74) is 0.515. The molecule has 0 amide bonds. The van der Waals surface area contributed by atoms with Gasteiger partial charge in [-0.15, -0.1) is 0 Å². The number of hydrogen-bond donors (Lipinski definition) is 1. The van der Waals surface area contributed by atoms with E-state index in [-0.39, 0.29) is 5.75 Å². The molecule has 1 aliphatic carbocycles. The lowest BCUT2D eigenvalue weighted by Crippen LogP contribution is -2.41. The fraction of sp³-hybridized carbons (Fsp3) is 0.938. The van der Waals surface area contributed by atoms with Gasteiger partial charge in [-0.1, -0.05) is 19.3 Å². The molecule has 0 radical (unpaired) electrons.